The Kier molecular flexibility index (Phi) is 6.00. The minimum absolute atomic E-state index is 0.200. The molecule has 1 amide bonds. The Hall–Kier alpha value is -1.13. The summed E-state index contributed by atoms with van der Waals surface area (Å²) in [5.74, 6) is 0.607. The molecule has 2 saturated carbocycles. The molecule has 2 fully saturated rings. The fourth-order valence-corrected chi connectivity index (χ4v) is 4.87. The van der Waals surface area contributed by atoms with Gasteiger partial charge < -0.3 is 11.1 Å². The molecule has 2 aliphatic rings. The Morgan fingerprint density at radius 1 is 1.24 bits per heavy atom. The van der Waals surface area contributed by atoms with Crippen molar-refractivity contribution in [2.24, 2.45) is 11.7 Å². The maximum Gasteiger partial charge on any atom is 0.237 e. The summed E-state index contributed by atoms with van der Waals surface area (Å²) in [6.45, 7) is 0.846. The van der Waals surface area contributed by atoms with E-state index in [-0.39, 0.29) is 11.7 Å². The summed E-state index contributed by atoms with van der Waals surface area (Å²) in [5.41, 5.74) is 6.11. The van der Waals surface area contributed by atoms with Crippen molar-refractivity contribution in [3.8, 4) is 0 Å². The van der Waals surface area contributed by atoms with Crippen LogP contribution in [0.25, 0.3) is 0 Å². The maximum atomic E-state index is 13.5. The molecule has 3 N–H and O–H groups in total. The zero-order valence-electron chi connectivity index (χ0n) is 14.7. The fourth-order valence-electron chi connectivity index (χ4n) is 4.59. The van der Waals surface area contributed by atoms with E-state index in [0.29, 0.717) is 16.9 Å². The lowest BCUT2D eigenvalue weighted by atomic mass is 9.77. The molecule has 2 aliphatic carbocycles. The van der Waals surface area contributed by atoms with Gasteiger partial charge in [0, 0.05) is 5.02 Å². The number of halogens is 2. The summed E-state index contributed by atoms with van der Waals surface area (Å²) in [7, 11) is 0. The third-order valence-corrected chi connectivity index (χ3v) is 6.53. The van der Waals surface area contributed by atoms with E-state index < -0.39 is 5.54 Å². The number of amides is 1. The van der Waals surface area contributed by atoms with Gasteiger partial charge in [-0.15, -0.1) is 0 Å². The van der Waals surface area contributed by atoms with Gasteiger partial charge in [-0.2, -0.15) is 0 Å². The zero-order valence-corrected chi connectivity index (χ0v) is 15.5. The van der Waals surface area contributed by atoms with Crippen LogP contribution in [0.15, 0.2) is 18.2 Å². The van der Waals surface area contributed by atoms with Crippen LogP contribution in [0.5, 0.6) is 0 Å². The Bertz CT molecular complexity index is 608. The van der Waals surface area contributed by atoms with Gasteiger partial charge in [0.05, 0.1) is 5.54 Å². The highest BCUT2D eigenvalue weighted by molar-refractivity contribution is 6.31. The molecule has 3 rings (SSSR count). The van der Waals surface area contributed by atoms with Gasteiger partial charge in [0.15, 0.2) is 0 Å². The molecule has 25 heavy (non-hydrogen) atoms. The number of hydrogen-bond donors (Lipinski definition) is 2. The van der Waals surface area contributed by atoms with Gasteiger partial charge in [-0.25, -0.2) is 4.39 Å². The van der Waals surface area contributed by atoms with Crippen molar-refractivity contribution >= 4 is 17.5 Å². The molecule has 0 saturated heterocycles. The summed E-state index contributed by atoms with van der Waals surface area (Å²) in [4.78, 5) is 11.8. The van der Waals surface area contributed by atoms with E-state index in [2.05, 4.69) is 5.32 Å². The number of benzene rings is 1. The molecular weight excluding hydrogens is 339 g/mol. The molecule has 0 aromatic heterocycles. The first-order chi connectivity index (χ1) is 12.0. The van der Waals surface area contributed by atoms with E-state index in [1.807, 2.05) is 0 Å². The van der Waals surface area contributed by atoms with Crippen LogP contribution < -0.4 is 11.1 Å². The largest absolute Gasteiger partial charge is 0.368 e. The van der Waals surface area contributed by atoms with Crippen molar-refractivity contribution in [1.29, 1.82) is 0 Å². The molecule has 3 nitrogen and oxygen atoms in total. The molecule has 0 atom stereocenters. The summed E-state index contributed by atoms with van der Waals surface area (Å²) >= 11 is 6.25. The van der Waals surface area contributed by atoms with Crippen molar-refractivity contribution in [2.75, 3.05) is 6.54 Å². The van der Waals surface area contributed by atoms with Crippen LogP contribution in [-0.4, -0.2) is 18.0 Å². The van der Waals surface area contributed by atoms with Gasteiger partial charge in [0.25, 0.3) is 0 Å². The van der Waals surface area contributed by atoms with E-state index >= 15 is 0 Å². The first kappa shape index (κ1) is 18.7. The number of nitrogens with one attached hydrogen (secondary N) is 1. The Morgan fingerprint density at radius 3 is 2.56 bits per heavy atom. The van der Waals surface area contributed by atoms with Crippen LogP contribution in [0.4, 0.5) is 4.39 Å². The van der Waals surface area contributed by atoms with Crippen molar-refractivity contribution in [3.63, 3.8) is 0 Å². The van der Waals surface area contributed by atoms with Crippen LogP contribution in [0, 0.1) is 11.7 Å². The first-order valence-electron chi connectivity index (χ1n) is 9.50. The minimum atomic E-state index is -0.466. The number of carbonyl (C=O) groups is 1. The Labute approximate surface area is 154 Å². The van der Waals surface area contributed by atoms with Crippen LogP contribution >= 0.6 is 11.6 Å². The molecule has 1 aromatic carbocycles. The number of primary amides is 1. The van der Waals surface area contributed by atoms with Crippen molar-refractivity contribution in [3.05, 3.63) is 34.6 Å². The number of nitrogens with two attached hydrogens (primary N) is 1. The number of rotatable bonds is 6. The monoisotopic (exact) mass is 366 g/mol. The van der Waals surface area contributed by atoms with Crippen molar-refractivity contribution in [2.45, 2.75) is 69.2 Å². The number of carbonyl (C=O) groups excluding carboxylic acids is 1. The van der Waals surface area contributed by atoms with Gasteiger partial charge in [0.1, 0.15) is 5.82 Å². The molecule has 0 heterocycles. The lowest BCUT2D eigenvalue weighted by molar-refractivity contribution is -0.124. The molecule has 0 bridgehead atoms. The molecule has 1 aromatic rings. The Morgan fingerprint density at radius 2 is 1.92 bits per heavy atom. The predicted molar refractivity (Wildman–Crippen MR) is 99.1 cm³/mol. The van der Waals surface area contributed by atoms with Crippen molar-refractivity contribution < 1.29 is 9.18 Å². The highest BCUT2D eigenvalue weighted by atomic mass is 35.5. The molecule has 5 heteroatoms. The summed E-state index contributed by atoms with van der Waals surface area (Å²) in [6.07, 6.45) is 9.32. The average molecular weight is 367 g/mol. The minimum Gasteiger partial charge on any atom is -0.368 e. The third kappa shape index (κ3) is 4.35. The molecule has 0 radical (unpaired) electrons. The summed E-state index contributed by atoms with van der Waals surface area (Å²) < 4.78 is 13.5. The lowest BCUT2D eigenvalue weighted by Gasteiger charge is -2.31. The second kappa shape index (κ2) is 8.05. The van der Waals surface area contributed by atoms with E-state index in [9.17, 15) is 9.18 Å². The average Bonchev–Trinajstić information content (AvgIpc) is 3.08. The maximum absolute atomic E-state index is 13.5. The first-order valence-corrected chi connectivity index (χ1v) is 9.88. The fraction of sp³-hybridized carbons (Fsp3) is 0.650. The molecule has 0 unspecified atom stereocenters. The van der Waals surface area contributed by atoms with Crippen molar-refractivity contribution in [1.82, 2.24) is 5.32 Å². The second-order valence-corrected chi connectivity index (χ2v) is 8.16. The summed E-state index contributed by atoms with van der Waals surface area (Å²) in [6, 6.07) is 4.67. The quantitative estimate of drug-likeness (QED) is 0.777. The standard InChI is InChI=1S/C20H28ClFN2O/c21-18-8-7-16(22)13-17(18)15-5-3-14(4-6-15)9-12-24-20(19(23)25)10-1-2-11-20/h7-8,13-15,24H,1-6,9-12H2,(H2,23,25). The van der Waals surface area contributed by atoms with Crippen LogP contribution in [0.2, 0.25) is 5.02 Å². The van der Waals surface area contributed by atoms with Gasteiger partial charge in [0.2, 0.25) is 5.91 Å². The van der Waals surface area contributed by atoms with E-state index in [1.54, 1.807) is 12.1 Å². The molecular formula is C20H28ClFN2O. The highest BCUT2D eigenvalue weighted by Crippen LogP contribution is 2.40. The Balaban J connectivity index is 1.47. The normalized spacial score (nSPS) is 25.8. The molecule has 138 valence electrons. The predicted octanol–water partition coefficient (Wildman–Crippen LogP) is 4.53. The van der Waals surface area contributed by atoms with Gasteiger partial charge in [-0.05, 0) is 87.1 Å². The highest BCUT2D eigenvalue weighted by Gasteiger charge is 2.39. The van der Waals surface area contributed by atoms with Gasteiger partial charge >= 0.3 is 0 Å². The zero-order chi connectivity index (χ0) is 17.9. The van der Waals surface area contributed by atoms with Crippen LogP contribution in [-0.2, 0) is 4.79 Å². The van der Waals surface area contributed by atoms with E-state index in [4.69, 9.17) is 17.3 Å². The third-order valence-electron chi connectivity index (χ3n) is 6.19. The summed E-state index contributed by atoms with van der Waals surface area (Å²) in [5, 5.41) is 4.13. The molecule has 0 spiro atoms. The van der Waals surface area contributed by atoms with E-state index in [0.717, 1.165) is 69.9 Å². The van der Waals surface area contributed by atoms with Crippen LogP contribution in [0.1, 0.15) is 69.3 Å². The SMILES string of the molecule is NC(=O)C1(NCCC2CCC(c3cc(F)ccc3Cl)CC2)CCCC1. The van der Waals surface area contributed by atoms with E-state index in [1.165, 1.54) is 6.07 Å². The van der Waals surface area contributed by atoms with Gasteiger partial charge in [-0.1, -0.05) is 24.4 Å². The number of hydrogen-bond acceptors (Lipinski definition) is 2. The smallest absolute Gasteiger partial charge is 0.237 e. The topological polar surface area (TPSA) is 55.1 Å². The van der Waals surface area contributed by atoms with Gasteiger partial charge in [-0.3, -0.25) is 4.79 Å². The lowest BCUT2D eigenvalue weighted by Crippen LogP contribution is -2.53. The van der Waals surface area contributed by atoms with Crippen LogP contribution in [0.3, 0.4) is 0 Å². The second-order valence-electron chi connectivity index (χ2n) is 7.75. The molecule has 0 aliphatic heterocycles.